The van der Waals surface area contributed by atoms with E-state index in [0.717, 1.165) is 11.3 Å². The number of fused-ring (bicyclic) bond motifs is 2. The van der Waals surface area contributed by atoms with E-state index in [-0.39, 0.29) is 21.9 Å². The first kappa shape index (κ1) is 18.3. The molecule has 1 aliphatic heterocycles. The van der Waals surface area contributed by atoms with Gasteiger partial charge in [-0.3, -0.25) is 14.4 Å². The summed E-state index contributed by atoms with van der Waals surface area (Å²) in [6.45, 7) is 2.45. The Kier molecular flexibility index (Phi) is 4.24. The van der Waals surface area contributed by atoms with Gasteiger partial charge in [-0.25, -0.2) is 8.42 Å². The summed E-state index contributed by atoms with van der Waals surface area (Å²) in [5.74, 6) is -2.99. The van der Waals surface area contributed by atoms with Crippen LogP contribution in [0.1, 0.15) is 34.6 Å². The third-order valence-electron chi connectivity index (χ3n) is 4.24. The SMILES string of the molecule is CC(C)(C(=O)O)C(=O)Nc1cccc2c1C(=O)c1sccc1CS2(=O)=O. The number of hydrogen-bond acceptors (Lipinski definition) is 6. The maximum absolute atomic E-state index is 12.9. The number of ketones is 1. The third kappa shape index (κ3) is 2.82. The Hall–Kier alpha value is -2.52. The molecule has 0 bridgehead atoms. The molecule has 2 heterocycles. The molecule has 0 unspecified atom stereocenters. The van der Waals surface area contributed by atoms with Crippen molar-refractivity contribution in [2.75, 3.05) is 5.32 Å². The number of nitrogens with one attached hydrogen (secondary N) is 1. The van der Waals surface area contributed by atoms with Gasteiger partial charge >= 0.3 is 5.97 Å². The van der Waals surface area contributed by atoms with Crippen molar-refractivity contribution in [3.8, 4) is 0 Å². The number of carbonyl (C=O) groups excluding carboxylic acids is 2. The Morgan fingerprint density at radius 2 is 1.92 bits per heavy atom. The molecule has 136 valence electrons. The number of rotatable bonds is 3. The highest BCUT2D eigenvalue weighted by molar-refractivity contribution is 7.90. The number of aliphatic carboxylic acids is 1. The monoisotopic (exact) mass is 393 g/mol. The average Bonchev–Trinajstić information content (AvgIpc) is 2.98. The van der Waals surface area contributed by atoms with E-state index in [9.17, 15) is 27.9 Å². The first-order valence-electron chi connectivity index (χ1n) is 7.57. The van der Waals surface area contributed by atoms with Crippen LogP contribution in [0.25, 0.3) is 0 Å². The maximum atomic E-state index is 12.9. The summed E-state index contributed by atoms with van der Waals surface area (Å²) in [6, 6.07) is 5.71. The van der Waals surface area contributed by atoms with Gasteiger partial charge in [0, 0.05) is 0 Å². The summed E-state index contributed by atoms with van der Waals surface area (Å²) in [6.07, 6.45) is 0. The van der Waals surface area contributed by atoms with Gasteiger partial charge in [-0.15, -0.1) is 11.3 Å². The van der Waals surface area contributed by atoms with Gasteiger partial charge in [0.15, 0.2) is 9.84 Å². The van der Waals surface area contributed by atoms with Crippen LogP contribution in [-0.2, 0) is 25.2 Å². The molecule has 0 fully saturated rings. The number of anilines is 1. The molecule has 0 saturated carbocycles. The fraction of sp³-hybridized carbons (Fsp3) is 0.235. The fourth-order valence-electron chi connectivity index (χ4n) is 2.55. The molecule has 0 saturated heterocycles. The standard InChI is InChI=1S/C17H15NO6S2/c1-17(2,16(21)22)15(20)18-10-4-3-5-11-12(10)13(19)14-9(6-7-25-14)8-26(11,23)24/h3-7H,8H2,1-2H3,(H,18,20)(H,21,22). The van der Waals surface area contributed by atoms with Gasteiger partial charge in [0.05, 0.1) is 26.8 Å². The lowest BCUT2D eigenvalue weighted by Crippen LogP contribution is -2.38. The van der Waals surface area contributed by atoms with E-state index in [1.807, 2.05) is 0 Å². The summed E-state index contributed by atoms with van der Waals surface area (Å²) < 4.78 is 25.4. The zero-order valence-electron chi connectivity index (χ0n) is 13.9. The van der Waals surface area contributed by atoms with Crippen LogP contribution in [0.2, 0.25) is 0 Å². The summed E-state index contributed by atoms with van der Waals surface area (Å²) in [5.41, 5.74) is -1.48. The van der Waals surface area contributed by atoms with Gasteiger partial charge in [-0.1, -0.05) is 6.07 Å². The van der Waals surface area contributed by atoms with E-state index in [2.05, 4.69) is 5.32 Å². The predicted octanol–water partition coefficient (Wildman–Crippen LogP) is 2.32. The molecule has 0 atom stereocenters. The summed E-state index contributed by atoms with van der Waals surface area (Å²) in [4.78, 5) is 36.7. The van der Waals surface area contributed by atoms with Crippen molar-refractivity contribution in [1.29, 1.82) is 0 Å². The van der Waals surface area contributed by atoms with Crippen molar-refractivity contribution in [1.82, 2.24) is 0 Å². The van der Waals surface area contributed by atoms with Gasteiger partial charge in [-0.2, -0.15) is 0 Å². The molecule has 9 heteroatoms. The molecular formula is C17H15NO6S2. The molecular weight excluding hydrogens is 378 g/mol. The van der Waals surface area contributed by atoms with E-state index in [1.54, 1.807) is 11.4 Å². The van der Waals surface area contributed by atoms with E-state index in [0.29, 0.717) is 10.4 Å². The number of hydrogen-bond donors (Lipinski definition) is 2. The number of thiophene rings is 1. The van der Waals surface area contributed by atoms with Crippen molar-refractivity contribution < 1.29 is 27.9 Å². The Labute approximate surface area is 153 Å². The number of carboxylic acid groups (broad SMARTS) is 1. The molecule has 26 heavy (non-hydrogen) atoms. The van der Waals surface area contributed by atoms with Crippen LogP contribution in [0.15, 0.2) is 34.5 Å². The van der Waals surface area contributed by atoms with Crippen molar-refractivity contribution in [3.63, 3.8) is 0 Å². The van der Waals surface area contributed by atoms with E-state index < -0.39 is 32.9 Å². The Morgan fingerprint density at radius 1 is 1.23 bits per heavy atom. The molecule has 7 nitrogen and oxygen atoms in total. The van der Waals surface area contributed by atoms with Crippen molar-refractivity contribution >= 4 is 44.5 Å². The summed E-state index contributed by atoms with van der Waals surface area (Å²) in [7, 11) is -3.79. The van der Waals surface area contributed by atoms with Gasteiger partial charge < -0.3 is 10.4 Å². The van der Waals surface area contributed by atoms with Crippen molar-refractivity contribution in [2.45, 2.75) is 24.5 Å². The highest BCUT2D eigenvalue weighted by Gasteiger charge is 2.38. The number of carbonyl (C=O) groups is 3. The molecule has 0 aliphatic carbocycles. The average molecular weight is 393 g/mol. The Balaban J connectivity index is 2.17. The highest BCUT2D eigenvalue weighted by Crippen LogP contribution is 2.36. The lowest BCUT2D eigenvalue weighted by Gasteiger charge is -2.20. The highest BCUT2D eigenvalue weighted by atomic mass is 32.2. The molecule has 0 spiro atoms. The Morgan fingerprint density at radius 3 is 2.58 bits per heavy atom. The molecule has 1 amide bonds. The number of amides is 1. The van der Waals surface area contributed by atoms with Crippen LogP contribution >= 0.6 is 11.3 Å². The molecule has 2 N–H and O–H groups in total. The first-order chi connectivity index (χ1) is 12.1. The second-order valence-electron chi connectivity index (χ2n) is 6.43. The van der Waals surface area contributed by atoms with E-state index >= 15 is 0 Å². The number of carboxylic acids is 1. The normalized spacial score (nSPS) is 15.5. The van der Waals surface area contributed by atoms with Crippen LogP contribution in [0.3, 0.4) is 0 Å². The number of benzene rings is 1. The Bertz CT molecular complexity index is 1050. The lowest BCUT2D eigenvalue weighted by molar-refractivity contribution is -0.151. The predicted molar refractivity (Wildman–Crippen MR) is 95.1 cm³/mol. The third-order valence-corrected chi connectivity index (χ3v) is 6.89. The van der Waals surface area contributed by atoms with Crippen molar-refractivity contribution in [2.24, 2.45) is 5.41 Å². The smallest absolute Gasteiger partial charge is 0.318 e. The first-order valence-corrected chi connectivity index (χ1v) is 10.1. The molecule has 2 aromatic rings. The second-order valence-corrected chi connectivity index (χ2v) is 9.30. The van der Waals surface area contributed by atoms with Gasteiger partial charge in [0.25, 0.3) is 0 Å². The zero-order chi connectivity index (χ0) is 19.3. The van der Waals surface area contributed by atoms with E-state index in [4.69, 9.17) is 0 Å². The van der Waals surface area contributed by atoms with Gasteiger partial charge in [-0.05, 0) is 43.0 Å². The largest absolute Gasteiger partial charge is 0.480 e. The van der Waals surface area contributed by atoms with Crippen LogP contribution in [0.4, 0.5) is 5.69 Å². The molecule has 0 radical (unpaired) electrons. The lowest BCUT2D eigenvalue weighted by atomic mass is 9.92. The zero-order valence-corrected chi connectivity index (χ0v) is 15.5. The summed E-state index contributed by atoms with van der Waals surface area (Å²) >= 11 is 1.13. The molecule has 3 rings (SSSR count). The van der Waals surface area contributed by atoms with Crippen molar-refractivity contribution in [3.05, 3.63) is 45.6 Å². The maximum Gasteiger partial charge on any atom is 0.318 e. The quantitative estimate of drug-likeness (QED) is 0.773. The van der Waals surface area contributed by atoms with E-state index in [1.165, 1.54) is 32.0 Å². The van der Waals surface area contributed by atoms with Gasteiger partial charge in [0.1, 0.15) is 5.41 Å². The minimum absolute atomic E-state index is 0.0170. The van der Waals surface area contributed by atoms with Crippen LogP contribution in [-0.4, -0.2) is 31.2 Å². The fourth-order valence-corrected chi connectivity index (χ4v) is 5.11. The van der Waals surface area contributed by atoms with Crippen LogP contribution < -0.4 is 5.32 Å². The molecule has 1 aliphatic rings. The number of sulfone groups is 1. The second kappa shape index (κ2) is 6.03. The topological polar surface area (TPSA) is 118 Å². The van der Waals surface area contributed by atoms with Gasteiger partial charge in [0.2, 0.25) is 11.7 Å². The summed E-state index contributed by atoms with van der Waals surface area (Å²) in [5, 5.41) is 13.2. The minimum Gasteiger partial charge on any atom is -0.480 e. The molecule has 1 aromatic carbocycles. The van der Waals surface area contributed by atoms with Crippen LogP contribution in [0, 0.1) is 5.41 Å². The van der Waals surface area contributed by atoms with Crippen LogP contribution in [0.5, 0.6) is 0 Å². The minimum atomic E-state index is -3.79. The molecule has 1 aromatic heterocycles.